The third-order valence-electron chi connectivity index (χ3n) is 6.06. The number of fused-ring (bicyclic) bond motifs is 1. The molecular weight excluding hydrogens is 302 g/mol. The Morgan fingerprint density at radius 1 is 1.25 bits per heavy atom. The van der Waals surface area contributed by atoms with Crippen LogP contribution in [0.25, 0.3) is 0 Å². The summed E-state index contributed by atoms with van der Waals surface area (Å²) in [7, 11) is 0. The smallest absolute Gasteiger partial charge is 0.151 e. The summed E-state index contributed by atoms with van der Waals surface area (Å²) >= 11 is 0. The van der Waals surface area contributed by atoms with Gasteiger partial charge in [-0.25, -0.2) is 0 Å². The average molecular weight is 331 g/mol. The van der Waals surface area contributed by atoms with E-state index in [-0.39, 0.29) is 5.41 Å². The van der Waals surface area contributed by atoms with Crippen molar-refractivity contribution in [2.45, 2.75) is 51.6 Å². The van der Waals surface area contributed by atoms with Crippen LogP contribution in [0, 0.1) is 18.3 Å². The normalized spacial score (nSPS) is 30.7. The molecule has 0 amide bonds. The first-order valence-electron chi connectivity index (χ1n) is 9.50. The van der Waals surface area contributed by atoms with Gasteiger partial charge in [0.15, 0.2) is 5.82 Å². The summed E-state index contributed by atoms with van der Waals surface area (Å²) in [6, 6.07) is 4.14. The van der Waals surface area contributed by atoms with Crippen molar-refractivity contribution in [3.05, 3.63) is 17.8 Å². The molecule has 2 unspecified atom stereocenters. The van der Waals surface area contributed by atoms with Gasteiger partial charge in [0.1, 0.15) is 0 Å². The highest BCUT2D eigenvalue weighted by Gasteiger charge is 2.46. The number of nitrogens with zero attached hydrogens (tertiary/aromatic N) is 3. The van der Waals surface area contributed by atoms with Gasteiger partial charge in [-0.1, -0.05) is 6.42 Å². The molecule has 2 aliphatic heterocycles. The molecule has 1 saturated carbocycles. The van der Waals surface area contributed by atoms with Crippen LogP contribution in [0.4, 0.5) is 5.82 Å². The Kier molecular flexibility index (Phi) is 4.72. The SMILES string of the molecule is Cc1ccc(N2CCC3OCCCC3(COCC3CCC3)C2)nn1. The monoisotopic (exact) mass is 331 g/mol. The fourth-order valence-electron chi connectivity index (χ4n) is 4.35. The maximum absolute atomic E-state index is 6.20. The van der Waals surface area contributed by atoms with E-state index >= 15 is 0 Å². The lowest BCUT2D eigenvalue weighted by Crippen LogP contribution is -2.57. The number of piperidine rings is 1. The molecular formula is C19H29N3O2. The van der Waals surface area contributed by atoms with Crippen molar-refractivity contribution in [3.63, 3.8) is 0 Å². The number of anilines is 1. The lowest BCUT2D eigenvalue weighted by molar-refractivity contribution is -0.129. The van der Waals surface area contributed by atoms with Crippen molar-refractivity contribution in [2.24, 2.45) is 11.3 Å². The second-order valence-electron chi connectivity index (χ2n) is 7.88. The zero-order valence-electron chi connectivity index (χ0n) is 14.7. The Hall–Kier alpha value is -1.20. The Morgan fingerprint density at radius 3 is 2.92 bits per heavy atom. The molecule has 132 valence electrons. The molecule has 3 aliphatic rings. The molecule has 0 aromatic carbocycles. The maximum atomic E-state index is 6.20. The fraction of sp³-hybridized carbons (Fsp3) is 0.789. The minimum Gasteiger partial charge on any atom is -0.380 e. The van der Waals surface area contributed by atoms with Gasteiger partial charge in [-0.15, -0.1) is 5.10 Å². The Morgan fingerprint density at radius 2 is 2.17 bits per heavy atom. The summed E-state index contributed by atoms with van der Waals surface area (Å²) in [6.07, 6.45) is 7.79. The van der Waals surface area contributed by atoms with E-state index in [9.17, 15) is 0 Å². The zero-order chi connectivity index (χ0) is 16.4. The van der Waals surface area contributed by atoms with Crippen LogP contribution in [-0.4, -0.2) is 49.2 Å². The zero-order valence-corrected chi connectivity index (χ0v) is 14.7. The van der Waals surface area contributed by atoms with Crippen molar-refractivity contribution in [1.82, 2.24) is 10.2 Å². The molecule has 1 aliphatic carbocycles. The van der Waals surface area contributed by atoms with Crippen LogP contribution in [0.5, 0.6) is 0 Å². The third-order valence-corrected chi connectivity index (χ3v) is 6.06. The molecule has 0 radical (unpaired) electrons. The van der Waals surface area contributed by atoms with E-state index in [1.807, 2.05) is 13.0 Å². The number of aromatic nitrogens is 2. The molecule has 5 heteroatoms. The first kappa shape index (κ1) is 16.3. The molecule has 24 heavy (non-hydrogen) atoms. The quantitative estimate of drug-likeness (QED) is 0.830. The van der Waals surface area contributed by atoms with Crippen LogP contribution >= 0.6 is 0 Å². The van der Waals surface area contributed by atoms with Crippen LogP contribution in [0.3, 0.4) is 0 Å². The molecule has 4 rings (SSSR count). The van der Waals surface area contributed by atoms with Gasteiger partial charge in [-0.2, -0.15) is 5.10 Å². The lowest BCUT2D eigenvalue weighted by Gasteiger charge is -2.50. The van der Waals surface area contributed by atoms with Crippen LogP contribution in [0.1, 0.15) is 44.2 Å². The second kappa shape index (κ2) is 6.96. The summed E-state index contributed by atoms with van der Waals surface area (Å²) in [5, 5.41) is 8.63. The lowest BCUT2D eigenvalue weighted by atomic mass is 9.73. The van der Waals surface area contributed by atoms with Gasteiger partial charge in [0, 0.05) is 31.7 Å². The first-order chi connectivity index (χ1) is 11.8. The topological polar surface area (TPSA) is 47.5 Å². The summed E-state index contributed by atoms with van der Waals surface area (Å²) in [6.45, 7) is 6.60. The van der Waals surface area contributed by atoms with Crippen molar-refractivity contribution >= 4 is 5.82 Å². The minimum atomic E-state index is 0.118. The highest BCUT2D eigenvalue weighted by molar-refractivity contribution is 5.39. The van der Waals surface area contributed by atoms with Crippen molar-refractivity contribution < 1.29 is 9.47 Å². The average Bonchev–Trinajstić information content (AvgIpc) is 2.57. The minimum absolute atomic E-state index is 0.118. The van der Waals surface area contributed by atoms with E-state index in [1.165, 1.54) is 25.7 Å². The Labute approximate surface area is 144 Å². The summed E-state index contributed by atoms with van der Waals surface area (Å²) < 4.78 is 12.3. The predicted molar refractivity (Wildman–Crippen MR) is 93.2 cm³/mol. The highest BCUT2D eigenvalue weighted by atomic mass is 16.5. The fourth-order valence-corrected chi connectivity index (χ4v) is 4.35. The van der Waals surface area contributed by atoms with E-state index in [0.29, 0.717) is 6.10 Å². The van der Waals surface area contributed by atoms with Gasteiger partial charge in [0.05, 0.1) is 18.4 Å². The van der Waals surface area contributed by atoms with Gasteiger partial charge in [0.2, 0.25) is 0 Å². The Balaban J connectivity index is 1.45. The largest absolute Gasteiger partial charge is 0.380 e. The van der Waals surface area contributed by atoms with Crippen LogP contribution in [-0.2, 0) is 9.47 Å². The molecule has 1 aromatic rings. The van der Waals surface area contributed by atoms with Gasteiger partial charge < -0.3 is 14.4 Å². The standard InChI is InChI=1S/C19H29N3O2/c1-15-6-7-18(21-20-15)22-10-8-17-19(13-22,9-3-11-24-17)14-23-12-16-4-2-5-16/h6-7,16-17H,2-5,8-14H2,1H3. The van der Waals surface area contributed by atoms with Crippen LogP contribution < -0.4 is 4.90 Å². The van der Waals surface area contributed by atoms with Crippen molar-refractivity contribution in [1.29, 1.82) is 0 Å². The number of hydrogen-bond acceptors (Lipinski definition) is 5. The van der Waals surface area contributed by atoms with Gasteiger partial charge in [0.25, 0.3) is 0 Å². The molecule has 2 saturated heterocycles. The molecule has 0 spiro atoms. The van der Waals surface area contributed by atoms with Crippen molar-refractivity contribution in [2.75, 3.05) is 37.8 Å². The molecule has 5 nitrogen and oxygen atoms in total. The van der Waals surface area contributed by atoms with Gasteiger partial charge in [-0.05, 0) is 57.1 Å². The molecule has 0 bridgehead atoms. The van der Waals surface area contributed by atoms with Gasteiger partial charge in [-0.3, -0.25) is 0 Å². The van der Waals surface area contributed by atoms with E-state index < -0.39 is 0 Å². The summed E-state index contributed by atoms with van der Waals surface area (Å²) in [5.41, 5.74) is 1.08. The van der Waals surface area contributed by atoms with Crippen LogP contribution in [0.15, 0.2) is 12.1 Å². The maximum Gasteiger partial charge on any atom is 0.151 e. The second-order valence-corrected chi connectivity index (χ2v) is 7.88. The molecule has 0 N–H and O–H groups in total. The van der Waals surface area contributed by atoms with E-state index in [1.54, 1.807) is 0 Å². The summed E-state index contributed by atoms with van der Waals surface area (Å²) in [5.74, 6) is 1.79. The summed E-state index contributed by atoms with van der Waals surface area (Å²) in [4.78, 5) is 2.38. The molecule has 3 heterocycles. The highest BCUT2D eigenvalue weighted by Crippen LogP contribution is 2.41. The molecule has 1 aromatic heterocycles. The van der Waals surface area contributed by atoms with E-state index in [2.05, 4.69) is 21.2 Å². The first-order valence-corrected chi connectivity index (χ1v) is 9.50. The van der Waals surface area contributed by atoms with E-state index in [0.717, 1.165) is 63.2 Å². The molecule has 3 fully saturated rings. The van der Waals surface area contributed by atoms with Gasteiger partial charge >= 0.3 is 0 Å². The molecule has 2 atom stereocenters. The Bertz CT molecular complexity index is 546. The van der Waals surface area contributed by atoms with Crippen molar-refractivity contribution in [3.8, 4) is 0 Å². The van der Waals surface area contributed by atoms with Crippen LogP contribution in [0.2, 0.25) is 0 Å². The predicted octanol–water partition coefficient (Wildman–Crippen LogP) is 2.98. The van der Waals surface area contributed by atoms with E-state index in [4.69, 9.17) is 9.47 Å². The number of hydrogen-bond donors (Lipinski definition) is 0. The number of ether oxygens (including phenoxy) is 2. The third kappa shape index (κ3) is 3.29. The number of aryl methyl sites for hydroxylation is 1. The number of rotatable bonds is 5.